The van der Waals surface area contributed by atoms with Crippen molar-refractivity contribution in [3.63, 3.8) is 0 Å². The van der Waals surface area contributed by atoms with Gasteiger partial charge in [0.05, 0.1) is 6.10 Å². The van der Waals surface area contributed by atoms with Crippen LogP contribution in [0.25, 0.3) is 0 Å². The molecule has 1 aliphatic heterocycles. The van der Waals surface area contributed by atoms with Gasteiger partial charge in [-0.25, -0.2) is 4.79 Å². The smallest absolute Gasteiger partial charge is 0.333 e. The third kappa shape index (κ3) is 1.95. The maximum Gasteiger partial charge on any atom is 0.333 e. The summed E-state index contributed by atoms with van der Waals surface area (Å²) in [6.45, 7) is 8.39. The van der Waals surface area contributed by atoms with Crippen molar-refractivity contribution >= 4 is 5.97 Å². The first-order valence-electron chi connectivity index (χ1n) is 9.93. The number of carbonyl (C=O) groups is 1. The third-order valence-corrected chi connectivity index (χ3v) is 8.64. The van der Waals surface area contributed by atoms with E-state index in [9.17, 15) is 15.0 Å². The topological polar surface area (TPSA) is 76.0 Å². The van der Waals surface area contributed by atoms with E-state index in [1.54, 1.807) is 13.2 Å². The van der Waals surface area contributed by atoms with Gasteiger partial charge in [-0.15, -0.1) is 0 Å². The van der Waals surface area contributed by atoms with Gasteiger partial charge in [-0.05, 0) is 42.4 Å². The van der Waals surface area contributed by atoms with Gasteiger partial charge in [-0.2, -0.15) is 0 Å². The molecule has 0 saturated heterocycles. The highest BCUT2D eigenvalue weighted by Gasteiger charge is 2.71. The lowest BCUT2D eigenvalue weighted by atomic mass is 9.40. The fraction of sp³-hybridized carbons (Fsp3) is 0.857. The first-order chi connectivity index (χ1) is 12.0. The summed E-state index contributed by atoms with van der Waals surface area (Å²) in [5, 5.41) is 23.0. The Kier molecular flexibility index (Phi) is 3.78. The fourth-order valence-corrected chi connectivity index (χ4v) is 7.23. The van der Waals surface area contributed by atoms with Gasteiger partial charge in [-0.3, -0.25) is 0 Å². The number of carbonyl (C=O) groups excluding carboxylic acids is 1. The van der Waals surface area contributed by atoms with E-state index in [0.717, 1.165) is 24.8 Å². The zero-order valence-corrected chi connectivity index (χ0v) is 16.5. The van der Waals surface area contributed by atoms with Gasteiger partial charge in [0.1, 0.15) is 5.60 Å². The fourth-order valence-electron chi connectivity index (χ4n) is 7.23. The second-order valence-corrected chi connectivity index (χ2v) is 9.91. The standard InChI is InChI=1S/C21H32O5/c1-12-13-9-16(22)21(24)18(2,3)7-6-8-19(21,4)15(13)11-20(25-5)14(12)10-17(23)26-20/h10,12-13,15-16,22,24H,6-9,11H2,1-5H3/t12-,13+,15+,16-,19-,20-,21-/m1/s1. The molecule has 4 rings (SSSR count). The van der Waals surface area contributed by atoms with Crippen molar-refractivity contribution < 1.29 is 24.5 Å². The van der Waals surface area contributed by atoms with Crippen molar-refractivity contribution in [1.82, 2.24) is 0 Å². The summed E-state index contributed by atoms with van der Waals surface area (Å²) < 4.78 is 11.4. The molecular weight excluding hydrogens is 332 g/mol. The largest absolute Gasteiger partial charge is 0.426 e. The normalized spacial score (nSPS) is 52.4. The number of methoxy groups -OCH3 is 1. The summed E-state index contributed by atoms with van der Waals surface area (Å²) in [5.74, 6) is -0.967. The minimum absolute atomic E-state index is 0.0706. The van der Waals surface area contributed by atoms with E-state index in [1.165, 1.54) is 0 Å². The lowest BCUT2D eigenvalue weighted by Gasteiger charge is -2.68. The number of aliphatic hydroxyl groups is 2. The van der Waals surface area contributed by atoms with Crippen LogP contribution in [0.3, 0.4) is 0 Å². The molecule has 0 unspecified atom stereocenters. The van der Waals surface area contributed by atoms with E-state index in [0.29, 0.717) is 12.8 Å². The number of fused-ring (bicyclic) bond motifs is 4. The zero-order valence-electron chi connectivity index (χ0n) is 16.5. The minimum Gasteiger partial charge on any atom is -0.426 e. The van der Waals surface area contributed by atoms with Crippen molar-refractivity contribution in [1.29, 1.82) is 0 Å². The number of hydrogen-bond donors (Lipinski definition) is 2. The second-order valence-electron chi connectivity index (χ2n) is 9.91. The molecule has 2 N–H and O–H groups in total. The molecule has 0 amide bonds. The molecule has 5 heteroatoms. The molecule has 1 heterocycles. The van der Waals surface area contributed by atoms with E-state index in [-0.39, 0.29) is 29.1 Å². The summed E-state index contributed by atoms with van der Waals surface area (Å²) in [6.07, 6.45) is 4.71. The Hall–Kier alpha value is -0.910. The molecule has 0 radical (unpaired) electrons. The average Bonchev–Trinajstić information content (AvgIpc) is 2.91. The average molecular weight is 364 g/mol. The number of hydrogen-bond acceptors (Lipinski definition) is 5. The van der Waals surface area contributed by atoms with Crippen molar-refractivity contribution in [3.05, 3.63) is 11.6 Å². The molecule has 7 atom stereocenters. The number of rotatable bonds is 1. The van der Waals surface area contributed by atoms with E-state index < -0.39 is 22.9 Å². The van der Waals surface area contributed by atoms with Crippen molar-refractivity contribution in [2.45, 2.75) is 77.3 Å². The number of esters is 1. The molecule has 146 valence electrons. The van der Waals surface area contributed by atoms with Crippen molar-refractivity contribution in [2.75, 3.05) is 7.11 Å². The Morgan fingerprint density at radius 2 is 1.96 bits per heavy atom. The molecule has 0 aromatic rings. The lowest BCUT2D eigenvalue weighted by molar-refractivity contribution is -0.306. The number of ether oxygens (including phenoxy) is 2. The maximum atomic E-state index is 12.0. The third-order valence-electron chi connectivity index (χ3n) is 8.64. The quantitative estimate of drug-likeness (QED) is 0.700. The molecule has 3 saturated carbocycles. The van der Waals surface area contributed by atoms with Crippen LogP contribution in [0.2, 0.25) is 0 Å². The zero-order chi connectivity index (χ0) is 19.1. The van der Waals surface area contributed by atoms with Crippen LogP contribution in [0.4, 0.5) is 0 Å². The van der Waals surface area contributed by atoms with Crippen LogP contribution in [-0.2, 0) is 14.3 Å². The molecule has 26 heavy (non-hydrogen) atoms. The predicted octanol–water partition coefficient (Wildman–Crippen LogP) is 2.80. The minimum atomic E-state index is -1.15. The first-order valence-corrected chi connectivity index (χ1v) is 9.93. The number of aliphatic hydroxyl groups excluding tert-OH is 1. The van der Waals surface area contributed by atoms with Gasteiger partial charge in [0, 0.05) is 30.6 Å². The molecule has 0 spiro atoms. The van der Waals surface area contributed by atoms with Crippen molar-refractivity contribution in [2.24, 2.45) is 28.6 Å². The molecule has 3 fully saturated rings. The molecule has 3 aliphatic carbocycles. The summed E-state index contributed by atoms with van der Waals surface area (Å²) in [6, 6.07) is 0. The van der Waals surface area contributed by atoms with Gasteiger partial charge < -0.3 is 19.7 Å². The molecular formula is C21H32O5. The van der Waals surface area contributed by atoms with Crippen LogP contribution in [0.15, 0.2) is 11.6 Å². The summed E-state index contributed by atoms with van der Waals surface area (Å²) in [4.78, 5) is 12.0. The molecule has 0 aromatic heterocycles. The lowest BCUT2D eigenvalue weighted by Crippen LogP contribution is -2.73. The van der Waals surface area contributed by atoms with Gasteiger partial charge in [0.15, 0.2) is 0 Å². The Balaban J connectivity index is 1.84. The SMILES string of the molecule is CO[C@@]12C[C@H]3[C@@H](C[C@@H](O)[C@@]4(O)C(C)(C)CCC[C@]34C)[C@@H](C)C1=CC(=O)O2. The van der Waals surface area contributed by atoms with Crippen LogP contribution >= 0.6 is 0 Å². The predicted molar refractivity (Wildman–Crippen MR) is 96.0 cm³/mol. The Labute approximate surface area is 155 Å². The van der Waals surface area contributed by atoms with Crippen LogP contribution in [0.1, 0.15) is 59.8 Å². The van der Waals surface area contributed by atoms with E-state index in [1.807, 2.05) is 0 Å². The van der Waals surface area contributed by atoms with Gasteiger partial charge in [-0.1, -0.05) is 34.1 Å². The maximum absolute atomic E-state index is 12.0. The van der Waals surface area contributed by atoms with Gasteiger partial charge in [0.2, 0.25) is 5.79 Å². The van der Waals surface area contributed by atoms with Crippen molar-refractivity contribution in [3.8, 4) is 0 Å². The molecule has 0 bridgehead atoms. The van der Waals surface area contributed by atoms with Crippen LogP contribution in [-0.4, -0.2) is 40.8 Å². The van der Waals surface area contributed by atoms with Crippen LogP contribution < -0.4 is 0 Å². The molecule has 5 nitrogen and oxygen atoms in total. The second kappa shape index (κ2) is 5.33. The molecule has 0 aromatic carbocycles. The Morgan fingerprint density at radius 3 is 2.62 bits per heavy atom. The van der Waals surface area contributed by atoms with Crippen LogP contribution in [0, 0.1) is 28.6 Å². The van der Waals surface area contributed by atoms with Gasteiger partial charge in [0.25, 0.3) is 0 Å². The first kappa shape index (κ1) is 18.5. The Morgan fingerprint density at radius 1 is 1.27 bits per heavy atom. The van der Waals surface area contributed by atoms with E-state index >= 15 is 0 Å². The monoisotopic (exact) mass is 364 g/mol. The summed E-state index contributed by atoms with van der Waals surface area (Å²) in [5.41, 5.74) is -1.08. The molecule has 4 aliphatic rings. The van der Waals surface area contributed by atoms with Crippen LogP contribution in [0.5, 0.6) is 0 Å². The highest BCUT2D eigenvalue weighted by atomic mass is 16.7. The van der Waals surface area contributed by atoms with E-state index in [4.69, 9.17) is 9.47 Å². The highest BCUT2D eigenvalue weighted by Crippen LogP contribution is 2.68. The van der Waals surface area contributed by atoms with Gasteiger partial charge >= 0.3 is 5.97 Å². The van der Waals surface area contributed by atoms with E-state index in [2.05, 4.69) is 27.7 Å². The Bertz CT molecular complexity index is 669. The highest BCUT2D eigenvalue weighted by molar-refractivity contribution is 5.86. The summed E-state index contributed by atoms with van der Waals surface area (Å²) >= 11 is 0. The summed E-state index contributed by atoms with van der Waals surface area (Å²) in [7, 11) is 1.59.